The van der Waals surface area contributed by atoms with E-state index in [9.17, 15) is 0 Å². The maximum atomic E-state index is 6.59. The molecule has 6 nitrogen and oxygen atoms in total. The molecule has 1 aliphatic rings. The summed E-state index contributed by atoms with van der Waals surface area (Å²) in [6.07, 6.45) is 8.49. The Hall–Kier alpha value is -4.84. The minimum Gasteiger partial charge on any atom is -0.453 e. The third-order valence-corrected chi connectivity index (χ3v) is 8.48. The van der Waals surface area contributed by atoms with Crippen molar-refractivity contribution in [1.29, 1.82) is 0 Å². The van der Waals surface area contributed by atoms with E-state index in [2.05, 4.69) is 107 Å². The molecule has 0 N–H and O–H groups in total. The lowest BCUT2D eigenvalue weighted by Crippen LogP contribution is -2.30. The fourth-order valence-corrected chi connectivity index (χ4v) is 6.60. The van der Waals surface area contributed by atoms with Crippen LogP contribution in [0.2, 0.25) is 0 Å². The average molecular weight is 524 g/mol. The van der Waals surface area contributed by atoms with Crippen molar-refractivity contribution in [2.24, 2.45) is 14.1 Å². The second-order valence-electron chi connectivity index (χ2n) is 11.1. The Bertz CT molecular complexity index is 2180. The van der Waals surface area contributed by atoms with E-state index in [-0.39, 0.29) is 0 Å². The summed E-state index contributed by atoms with van der Waals surface area (Å²) < 4.78 is 13.4. The van der Waals surface area contributed by atoms with Crippen LogP contribution in [-0.2, 0) is 20.5 Å². The maximum absolute atomic E-state index is 6.59. The molecule has 5 aromatic heterocycles. The Balaban J connectivity index is 1.54. The molecule has 0 spiro atoms. The topological polar surface area (TPSA) is 47.2 Å². The summed E-state index contributed by atoms with van der Waals surface area (Å²) in [5, 5.41) is 2.35. The van der Waals surface area contributed by atoms with Crippen molar-refractivity contribution in [3.63, 3.8) is 0 Å². The van der Waals surface area contributed by atoms with Crippen LogP contribution in [0.5, 0.6) is 11.5 Å². The first kappa shape index (κ1) is 23.1. The van der Waals surface area contributed by atoms with E-state index in [0.29, 0.717) is 5.92 Å². The summed E-state index contributed by atoms with van der Waals surface area (Å²) in [5.74, 6) is 1.94. The van der Waals surface area contributed by atoms with Crippen LogP contribution in [0.1, 0.15) is 36.5 Å². The van der Waals surface area contributed by atoms with Gasteiger partial charge in [0.05, 0.1) is 41.3 Å². The van der Waals surface area contributed by atoms with E-state index in [4.69, 9.17) is 9.72 Å². The number of benzene rings is 2. The van der Waals surface area contributed by atoms with Crippen molar-refractivity contribution in [1.82, 2.24) is 14.4 Å². The van der Waals surface area contributed by atoms with E-state index in [1.807, 2.05) is 24.7 Å². The smallest absolute Gasteiger partial charge is 0.297 e. The molecule has 0 atom stereocenters. The van der Waals surface area contributed by atoms with Crippen molar-refractivity contribution in [3.8, 4) is 22.8 Å². The lowest BCUT2D eigenvalue weighted by atomic mass is 9.91. The number of pyridine rings is 4. The Kier molecular flexibility index (Phi) is 4.81. The number of ether oxygens (including phenoxy) is 1. The normalized spacial score (nSPS) is 12.8. The fourth-order valence-electron chi connectivity index (χ4n) is 6.60. The van der Waals surface area contributed by atoms with Gasteiger partial charge in [-0.1, -0.05) is 38.1 Å². The van der Waals surface area contributed by atoms with Crippen LogP contribution < -0.4 is 13.9 Å². The van der Waals surface area contributed by atoms with E-state index in [1.165, 1.54) is 27.5 Å². The molecule has 0 fully saturated rings. The van der Waals surface area contributed by atoms with Gasteiger partial charge in [0.1, 0.15) is 24.1 Å². The average Bonchev–Trinajstić information content (AvgIpc) is 3.28. The van der Waals surface area contributed by atoms with E-state index >= 15 is 0 Å². The van der Waals surface area contributed by atoms with Crippen molar-refractivity contribution in [3.05, 3.63) is 102 Å². The highest BCUT2D eigenvalue weighted by atomic mass is 16.5. The van der Waals surface area contributed by atoms with Gasteiger partial charge in [-0.2, -0.15) is 4.40 Å². The van der Waals surface area contributed by atoms with Crippen molar-refractivity contribution < 1.29 is 13.9 Å². The molecule has 6 heterocycles. The summed E-state index contributed by atoms with van der Waals surface area (Å²) in [6.45, 7) is 4.52. The maximum Gasteiger partial charge on any atom is 0.297 e. The van der Waals surface area contributed by atoms with Gasteiger partial charge >= 0.3 is 0 Å². The van der Waals surface area contributed by atoms with Crippen molar-refractivity contribution in [2.75, 3.05) is 0 Å². The first-order chi connectivity index (χ1) is 19.5. The van der Waals surface area contributed by atoms with Gasteiger partial charge < -0.3 is 4.74 Å². The molecule has 7 aromatic rings. The second kappa shape index (κ2) is 8.33. The highest BCUT2D eigenvalue weighted by molar-refractivity contribution is 6.14. The van der Waals surface area contributed by atoms with Gasteiger partial charge in [-0.25, -0.2) is 9.13 Å². The highest BCUT2D eigenvalue weighted by Gasteiger charge is 2.32. The lowest BCUT2D eigenvalue weighted by Gasteiger charge is -2.23. The summed E-state index contributed by atoms with van der Waals surface area (Å²) in [6, 6.07) is 21.5. The number of rotatable bonds is 2. The molecule has 40 heavy (non-hydrogen) atoms. The molecule has 0 unspecified atom stereocenters. The number of aryl methyl sites for hydroxylation is 2. The summed E-state index contributed by atoms with van der Waals surface area (Å²) in [4.78, 5) is 9.67. The third-order valence-electron chi connectivity index (χ3n) is 8.48. The molecule has 1 aliphatic heterocycles. The molecule has 194 valence electrons. The van der Waals surface area contributed by atoms with Crippen LogP contribution in [0.25, 0.3) is 49.7 Å². The first-order valence-electron chi connectivity index (χ1n) is 13.8. The number of para-hydroxylation sites is 2. The van der Waals surface area contributed by atoms with E-state index in [1.54, 1.807) is 0 Å². The molecular formula is C34H29N5O+2. The number of imidazole rings is 1. The van der Waals surface area contributed by atoms with E-state index < -0.39 is 0 Å². The molecule has 8 rings (SSSR count). The summed E-state index contributed by atoms with van der Waals surface area (Å²) in [7, 11) is 4.23. The van der Waals surface area contributed by atoms with Crippen molar-refractivity contribution >= 4 is 38.5 Å². The van der Waals surface area contributed by atoms with Crippen LogP contribution in [-0.4, -0.2) is 14.4 Å². The largest absolute Gasteiger partial charge is 0.453 e. The molecule has 0 amide bonds. The Morgan fingerprint density at radius 2 is 1.62 bits per heavy atom. The monoisotopic (exact) mass is 523 g/mol. The second-order valence-corrected chi connectivity index (χ2v) is 11.1. The molecular weight excluding hydrogens is 494 g/mol. The minimum absolute atomic E-state index is 0.352. The third kappa shape index (κ3) is 3.04. The number of aromatic nitrogens is 5. The predicted octanol–water partition coefficient (Wildman–Crippen LogP) is 6.32. The van der Waals surface area contributed by atoms with Crippen LogP contribution in [0, 0.1) is 0 Å². The Morgan fingerprint density at radius 1 is 0.825 bits per heavy atom. The van der Waals surface area contributed by atoms with Gasteiger partial charge in [-0.15, -0.1) is 0 Å². The van der Waals surface area contributed by atoms with Gasteiger partial charge in [0.2, 0.25) is 5.69 Å². The number of hydrogen-bond acceptors (Lipinski definition) is 3. The summed E-state index contributed by atoms with van der Waals surface area (Å²) in [5.41, 5.74) is 11.5. The highest BCUT2D eigenvalue weighted by Crippen LogP contribution is 2.45. The predicted molar refractivity (Wildman–Crippen MR) is 157 cm³/mol. The Morgan fingerprint density at radius 3 is 2.48 bits per heavy atom. The number of hydrogen-bond donors (Lipinski definition) is 0. The van der Waals surface area contributed by atoms with Gasteiger partial charge in [-0.05, 0) is 35.7 Å². The number of nitrogens with zero attached hydrogens (tertiary/aromatic N) is 5. The molecule has 0 bridgehead atoms. The van der Waals surface area contributed by atoms with Crippen molar-refractivity contribution in [2.45, 2.75) is 26.2 Å². The molecule has 2 aromatic carbocycles. The number of fused-ring (bicyclic) bond motifs is 11. The fraction of sp³-hybridized carbons (Fsp3) is 0.176. The lowest BCUT2D eigenvalue weighted by molar-refractivity contribution is -0.660. The van der Waals surface area contributed by atoms with Gasteiger partial charge in [0, 0.05) is 35.9 Å². The van der Waals surface area contributed by atoms with Gasteiger partial charge in [0.15, 0.2) is 17.2 Å². The first-order valence-corrected chi connectivity index (χ1v) is 13.8. The minimum atomic E-state index is 0.352. The zero-order chi connectivity index (χ0) is 27.1. The molecule has 0 radical (unpaired) electrons. The molecule has 6 heteroatoms. The Labute approximate surface area is 231 Å². The van der Waals surface area contributed by atoms with Gasteiger partial charge in [-0.3, -0.25) is 9.97 Å². The molecule has 0 aliphatic carbocycles. The van der Waals surface area contributed by atoms with Crippen LogP contribution >= 0.6 is 0 Å². The quantitative estimate of drug-likeness (QED) is 0.197. The van der Waals surface area contributed by atoms with Crippen LogP contribution in [0.4, 0.5) is 0 Å². The van der Waals surface area contributed by atoms with Gasteiger partial charge in [0.25, 0.3) is 5.65 Å². The standard InChI is InChI=1S/C34H29N5O/c1-20(2)21-10-9-14-28-31(21)33-32(34-38(4)26-12-5-6-13-27(26)39(28)34)23-16-22-24(25-11-7-8-15-37(25)3)17-35-18-29(22)40-30(23)19-36-33/h5-15,17-20H,16H2,1-4H3/q+2. The van der Waals surface area contributed by atoms with Crippen LogP contribution in [0.3, 0.4) is 0 Å². The summed E-state index contributed by atoms with van der Waals surface area (Å²) >= 11 is 0. The van der Waals surface area contributed by atoms with E-state index in [0.717, 1.165) is 56.9 Å². The van der Waals surface area contributed by atoms with Crippen LogP contribution in [0.15, 0.2) is 85.5 Å². The molecule has 0 saturated heterocycles. The zero-order valence-electron chi connectivity index (χ0n) is 23.0. The SMILES string of the molecule is CC(C)c1cccc2c1c1ncc3c(c1c1n2c2ccccc2[n+]1C)Cc1c(cncc1-c1cccc[n+]1C)O3. The zero-order valence-corrected chi connectivity index (χ0v) is 23.0. The molecule has 0 saturated carbocycles.